The van der Waals surface area contributed by atoms with Crippen LogP contribution in [0.3, 0.4) is 0 Å². The van der Waals surface area contributed by atoms with E-state index in [4.69, 9.17) is 9.47 Å². The first-order chi connectivity index (χ1) is 23.8. The molecule has 5 aliphatic rings. The Balaban J connectivity index is 1.36. The number of hydrogen-bond acceptors (Lipinski definition) is 6. The van der Waals surface area contributed by atoms with E-state index < -0.39 is 22.8 Å². The third kappa shape index (κ3) is 7.11. The number of carboxylic acids is 2. The van der Waals surface area contributed by atoms with E-state index in [-0.39, 0.29) is 70.8 Å². The van der Waals surface area contributed by atoms with Gasteiger partial charge in [0.2, 0.25) is 0 Å². The van der Waals surface area contributed by atoms with Gasteiger partial charge in [-0.2, -0.15) is 0 Å². The molecule has 0 amide bonds. The zero-order valence-corrected chi connectivity index (χ0v) is 34.1. The van der Waals surface area contributed by atoms with Gasteiger partial charge in [0.25, 0.3) is 0 Å². The predicted octanol–water partition coefficient (Wildman–Crippen LogP) is 9.88. The fraction of sp³-hybridized carbons (Fsp3) is 0.864. The molecule has 2 N–H and O–H groups in total. The molecule has 0 aromatic rings. The SMILES string of the molecule is C=C(C)[C@@H]1CCC2(COC(=O)CC(C)(C)CC(=O)O)CC[C@]3(C)[C@H](CC[C@@H]4[C@@]5(C)CC[C@H](OC(=O)CC(C)(C)CC(=O)O)C(C)(C)[C@@H]5CC[C@]43C)[C@@H]12. The molecule has 0 heterocycles. The standard InChI is InChI=1S/C44H70O8/c1-27(2)28-14-19-44(26-51-35(49)24-38(3,4)22-33(45)46)21-20-42(10)29(37(28)44)12-13-31-41(9)17-16-32(40(7,8)30(41)15-18-43(31,42)11)52-36(50)25-39(5,6)23-34(47)48/h28-32,37H,1,12-26H2,2-11H3,(H,45,46)(H,47,48)/t28-,29+,30-,31+,32-,37+,41-,42+,43+,44?/m0/s1. The van der Waals surface area contributed by atoms with Crippen molar-refractivity contribution in [2.24, 2.45) is 67.5 Å². The maximum atomic E-state index is 13.2. The van der Waals surface area contributed by atoms with Crippen LogP contribution in [-0.2, 0) is 28.7 Å². The van der Waals surface area contributed by atoms with Crippen molar-refractivity contribution in [3.8, 4) is 0 Å². The number of hydrogen-bond donors (Lipinski definition) is 2. The minimum absolute atomic E-state index is 0.0654. The zero-order chi connectivity index (χ0) is 38.9. The fourth-order valence-electron chi connectivity index (χ4n) is 13.9. The van der Waals surface area contributed by atoms with Gasteiger partial charge in [-0.3, -0.25) is 19.2 Å². The minimum Gasteiger partial charge on any atom is -0.481 e. The predicted molar refractivity (Wildman–Crippen MR) is 201 cm³/mol. The molecule has 8 heteroatoms. The van der Waals surface area contributed by atoms with Gasteiger partial charge < -0.3 is 19.7 Å². The van der Waals surface area contributed by atoms with Crippen LogP contribution in [0.25, 0.3) is 0 Å². The molecule has 0 aromatic carbocycles. The fourth-order valence-corrected chi connectivity index (χ4v) is 13.9. The molecule has 0 bridgehead atoms. The molecular formula is C44H70O8. The topological polar surface area (TPSA) is 127 Å². The maximum absolute atomic E-state index is 13.2. The number of fused-ring (bicyclic) bond motifs is 7. The first-order valence-electron chi connectivity index (χ1n) is 20.3. The average molecular weight is 727 g/mol. The minimum atomic E-state index is -0.899. The molecule has 5 saturated carbocycles. The van der Waals surface area contributed by atoms with Crippen LogP contribution in [0.4, 0.5) is 0 Å². The van der Waals surface area contributed by atoms with Crippen molar-refractivity contribution in [2.45, 2.75) is 165 Å². The molecule has 0 radical (unpaired) electrons. The van der Waals surface area contributed by atoms with Gasteiger partial charge in [0.15, 0.2) is 0 Å². The first-order valence-corrected chi connectivity index (χ1v) is 20.3. The number of carbonyl (C=O) groups excluding carboxylic acids is 2. The number of carboxylic acid groups (broad SMARTS) is 2. The molecule has 5 fully saturated rings. The number of rotatable bonds is 12. The number of allylic oxidation sites excluding steroid dienone is 1. The highest BCUT2D eigenvalue weighted by molar-refractivity contribution is 5.74. The first kappa shape index (κ1) is 40.8. The van der Waals surface area contributed by atoms with Gasteiger partial charge in [-0.05, 0) is 128 Å². The van der Waals surface area contributed by atoms with Gasteiger partial charge in [-0.1, -0.05) is 74.5 Å². The van der Waals surface area contributed by atoms with E-state index in [2.05, 4.69) is 48.1 Å². The molecule has 0 saturated heterocycles. The zero-order valence-electron chi connectivity index (χ0n) is 34.1. The summed E-state index contributed by atoms with van der Waals surface area (Å²) in [5, 5.41) is 18.7. The van der Waals surface area contributed by atoms with Gasteiger partial charge in [-0.25, -0.2) is 0 Å². The van der Waals surface area contributed by atoms with Gasteiger partial charge in [0, 0.05) is 10.8 Å². The summed E-state index contributed by atoms with van der Waals surface area (Å²) in [5.74, 6) is -0.0860. The quantitative estimate of drug-likeness (QED) is 0.150. The van der Waals surface area contributed by atoms with Gasteiger partial charge >= 0.3 is 23.9 Å². The largest absolute Gasteiger partial charge is 0.481 e. The molecule has 5 rings (SSSR count). The van der Waals surface area contributed by atoms with E-state index in [0.717, 1.165) is 57.8 Å². The van der Waals surface area contributed by atoms with Crippen LogP contribution in [0.2, 0.25) is 0 Å². The highest BCUT2D eigenvalue weighted by Crippen LogP contribution is 2.77. The van der Waals surface area contributed by atoms with Crippen LogP contribution in [0.1, 0.15) is 159 Å². The Morgan fingerprint density at radius 3 is 1.87 bits per heavy atom. The highest BCUT2D eigenvalue weighted by atomic mass is 16.5. The van der Waals surface area contributed by atoms with Crippen molar-refractivity contribution in [3.63, 3.8) is 0 Å². The summed E-state index contributed by atoms with van der Waals surface area (Å²) in [6.07, 6.45) is 10.6. The number of ether oxygens (including phenoxy) is 2. The van der Waals surface area contributed by atoms with E-state index in [1.165, 1.54) is 12.0 Å². The second-order valence-electron chi connectivity index (χ2n) is 21.4. The molecule has 5 aliphatic carbocycles. The third-order valence-corrected chi connectivity index (χ3v) is 16.5. The summed E-state index contributed by atoms with van der Waals surface area (Å²) in [4.78, 5) is 49.2. The van der Waals surface area contributed by atoms with Gasteiger partial charge in [0.1, 0.15) is 6.10 Å². The summed E-state index contributed by atoms with van der Waals surface area (Å²) in [6.45, 7) is 26.8. The second kappa shape index (κ2) is 13.7. The molecule has 8 nitrogen and oxygen atoms in total. The van der Waals surface area contributed by atoms with E-state index in [1.54, 1.807) is 0 Å². The Bertz CT molecular complexity index is 1440. The lowest BCUT2D eigenvalue weighted by Crippen LogP contribution is -2.67. The Kier molecular flexibility index (Phi) is 10.8. The van der Waals surface area contributed by atoms with Crippen LogP contribution in [-0.4, -0.2) is 46.8 Å². The van der Waals surface area contributed by atoms with Gasteiger partial charge in [0.05, 0.1) is 32.3 Å². The smallest absolute Gasteiger partial charge is 0.306 e. The lowest BCUT2D eigenvalue weighted by molar-refractivity contribution is -0.252. The number of aliphatic carboxylic acids is 2. The highest BCUT2D eigenvalue weighted by Gasteiger charge is 2.71. The summed E-state index contributed by atoms with van der Waals surface area (Å²) in [5.41, 5.74) is 0.0586. The molecule has 0 aliphatic heterocycles. The molecular weight excluding hydrogens is 656 g/mol. The molecule has 1 unspecified atom stereocenters. The van der Waals surface area contributed by atoms with Crippen LogP contribution in [0.5, 0.6) is 0 Å². The van der Waals surface area contributed by atoms with Crippen LogP contribution in [0, 0.1) is 67.5 Å². The van der Waals surface area contributed by atoms with E-state index >= 15 is 0 Å². The van der Waals surface area contributed by atoms with Crippen molar-refractivity contribution < 1.29 is 38.9 Å². The van der Waals surface area contributed by atoms with E-state index in [9.17, 15) is 29.4 Å². The Hall–Kier alpha value is -2.38. The van der Waals surface area contributed by atoms with E-state index in [1.807, 2.05) is 27.7 Å². The van der Waals surface area contributed by atoms with Crippen molar-refractivity contribution in [2.75, 3.05) is 6.61 Å². The monoisotopic (exact) mass is 727 g/mol. The maximum Gasteiger partial charge on any atom is 0.306 e. The Labute approximate surface area is 313 Å². The number of carbonyl (C=O) groups is 4. The summed E-state index contributed by atoms with van der Waals surface area (Å²) in [7, 11) is 0. The third-order valence-electron chi connectivity index (χ3n) is 16.5. The molecule has 52 heavy (non-hydrogen) atoms. The number of esters is 2. The lowest BCUT2D eigenvalue weighted by Gasteiger charge is -2.73. The Morgan fingerprint density at radius 2 is 1.29 bits per heavy atom. The summed E-state index contributed by atoms with van der Waals surface area (Å²) < 4.78 is 12.4. The normalized spacial score (nSPS) is 39.6. The van der Waals surface area contributed by atoms with Crippen molar-refractivity contribution in [1.82, 2.24) is 0 Å². The van der Waals surface area contributed by atoms with Crippen molar-refractivity contribution >= 4 is 23.9 Å². The molecule has 0 spiro atoms. The average Bonchev–Trinajstić information content (AvgIpc) is 3.36. The van der Waals surface area contributed by atoms with Crippen LogP contribution < -0.4 is 0 Å². The summed E-state index contributed by atoms with van der Waals surface area (Å²) in [6, 6.07) is 0. The van der Waals surface area contributed by atoms with Crippen molar-refractivity contribution in [3.05, 3.63) is 12.2 Å². The molecule has 294 valence electrons. The molecule has 0 aromatic heterocycles. The Morgan fingerprint density at radius 1 is 0.692 bits per heavy atom. The van der Waals surface area contributed by atoms with E-state index in [0.29, 0.717) is 36.2 Å². The summed E-state index contributed by atoms with van der Waals surface area (Å²) >= 11 is 0. The second-order valence-corrected chi connectivity index (χ2v) is 21.4. The van der Waals surface area contributed by atoms with Crippen LogP contribution >= 0.6 is 0 Å². The lowest BCUT2D eigenvalue weighted by atomic mass is 9.32. The van der Waals surface area contributed by atoms with Gasteiger partial charge in [-0.15, -0.1) is 0 Å². The molecule has 10 atom stereocenters. The van der Waals surface area contributed by atoms with Crippen LogP contribution in [0.15, 0.2) is 12.2 Å². The van der Waals surface area contributed by atoms with Crippen molar-refractivity contribution in [1.29, 1.82) is 0 Å².